The van der Waals surface area contributed by atoms with Gasteiger partial charge in [0, 0.05) is 33.4 Å². The van der Waals surface area contributed by atoms with E-state index in [1.165, 1.54) is 16.3 Å². The molecule has 0 N–H and O–H groups in total. The van der Waals surface area contributed by atoms with Gasteiger partial charge in [0.05, 0.1) is 11.4 Å². The Morgan fingerprint density at radius 1 is 0.172 bits per heavy atom. The number of aromatic nitrogens is 5. The SMILES string of the molecule is c1ccc(-c2ccc(-c3nc(-c4ccccc4)nc(-c4ccc(-c5ccc6ccc(-c7ccc(-c8cc(-c9ccccc9)nc(-c9ccccc9)n8)cc7)cc6c5)cc4)n3)cc2)cc1. The summed E-state index contributed by atoms with van der Waals surface area (Å²) >= 11 is 0. The quantitative estimate of drug-likeness (QED) is 0.145. The van der Waals surface area contributed by atoms with E-state index < -0.39 is 0 Å². The number of hydrogen-bond acceptors (Lipinski definition) is 5. The largest absolute Gasteiger partial charge is 0.228 e. The Morgan fingerprint density at radius 3 is 0.859 bits per heavy atom. The molecule has 11 aromatic rings. The normalized spacial score (nSPS) is 11.1. The molecule has 0 aliphatic rings. The van der Waals surface area contributed by atoms with Crippen LogP contribution in [0.1, 0.15) is 0 Å². The third-order valence-corrected chi connectivity index (χ3v) is 11.6. The van der Waals surface area contributed by atoms with Crippen molar-refractivity contribution >= 4 is 10.8 Å². The first kappa shape index (κ1) is 38.3. The molecule has 0 saturated heterocycles. The van der Waals surface area contributed by atoms with Gasteiger partial charge in [-0.1, -0.05) is 218 Å². The molecule has 0 unspecified atom stereocenters. The summed E-state index contributed by atoms with van der Waals surface area (Å²) < 4.78 is 0. The smallest absolute Gasteiger partial charge is 0.164 e. The van der Waals surface area contributed by atoms with Crippen LogP contribution in [0.3, 0.4) is 0 Å². The number of fused-ring (bicyclic) bond motifs is 1. The van der Waals surface area contributed by atoms with Gasteiger partial charge < -0.3 is 0 Å². The van der Waals surface area contributed by atoms with Gasteiger partial charge in [-0.05, 0) is 62.4 Å². The molecule has 0 spiro atoms. The van der Waals surface area contributed by atoms with Gasteiger partial charge in [-0.3, -0.25) is 0 Å². The van der Waals surface area contributed by atoms with Gasteiger partial charge >= 0.3 is 0 Å². The monoisotopic (exact) mass is 817 g/mol. The highest BCUT2D eigenvalue weighted by atomic mass is 15.0. The lowest BCUT2D eigenvalue weighted by molar-refractivity contribution is 1.07. The van der Waals surface area contributed by atoms with E-state index in [4.69, 9.17) is 24.9 Å². The van der Waals surface area contributed by atoms with E-state index >= 15 is 0 Å². The second-order valence-corrected chi connectivity index (χ2v) is 15.7. The van der Waals surface area contributed by atoms with Crippen molar-refractivity contribution in [3.8, 4) is 101 Å². The van der Waals surface area contributed by atoms with Gasteiger partial charge in [-0.15, -0.1) is 0 Å². The molecule has 5 heteroatoms. The lowest BCUT2D eigenvalue weighted by atomic mass is 9.96. The first-order chi connectivity index (χ1) is 31.7. The molecule has 2 heterocycles. The van der Waals surface area contributed by atoms with Gasteiger partial charge in [0.2, 0.25) is 0 Å². The summed E-state index contributed by atoms with van der Waals surface area (Å²) in [6, 6.07) is 81.9. The number of hydrogen-bond donors (Lipinski definition) is 0. The molecule has 0 aliphatic carbocycles. The Bertz CT molecular complexity index is 3320. The van der Waals surface area contributed by atoms with Crippen LogP contribution >= 0.6 is 0 Å². The number of benzene rings is 9. The van der Waals surface area contributed by atoms with Crippen LogP contribution in [-0.2, 0) is 0 Å². The fourth-order valence-electron chi connectivity index (χ4n) is 8.11. The summed E-state index contributed by atoms with van der Waals surface area (Å²) in [5.41, 5.74) is 14.5. The summed E-state index contributed by atoms with van der Waals surface area (Å²) in [4.78, 5) is 24.9. The molecule has 0 bridgehead atoms. The molecular weight excluding hydrogens is 779 g/mol. The molecule has 2 aromatic heterocycles. The third kappa shape index (κ3) is 7.97. The minimum absolute atomic E-state index is 0.629. The van der Waals surface area contributed by atoms with E-state index in [1.807, 2.05) is 72.8 Å². The van der Waals surface area contributed by atoms with Crippen molar-refractivity contribution in [2.45, 2.75) is 0 Å². The van der Waals surface area contributed by atoms with E-state index in [2.05, 4.69) is 164 Å². The summed E-state index contributed by atoms with van der Waals surface area (Å²) in [7, 11) is 0. The molecule has 11 rings (SSSR count). The predicted octanol–water partition coefficient (Wildman–Crippen LogP) is 14.8. The van der Waals surface area contributed by atoms with E-state index in [9.17, 15) is 0 Å². The van der Waals surface area contributed by atoms with Crippen LogP contribution in [0.15, 0.2) is 237 Å². The molecule has 64 heavy (non-hydrogen) atoms. The van der Waals surface area contributed by atoms with Gasteiger partial charge in [-0.25, -0.2) is 24.9 Å². The zero-order valence-corrected chi connectivity index (χ0v) is 34.8. The van der Waals surface area contributed by atoms with E-state index in [1.54, 1.807) is 0 Å². The standard InChI is InChI=1S/C59H39N5/c1-5-13-40(14-6-1)41-23-31-49(32-24-41)58-62-57(48-19-11-4-12-20-48)63-59(64-58)50-33-25-43(26-34-50)52-36-28-44-27-35-51(37-53(44)38-52)42-21-29-46(30-22-42)55-39-54(45-15-7-2-8-16-45)60-56(61-55)47-17-9-3-10-18-47/h1-39H. The van der Waals surface area contributed by atoms with Crippen LogP contribution in [-0.4, -0.2) is 24.9 Å². The lowest BCUT2D eigenvalue weighted by Crippen LogP contribution is -2.00. The van der Waals surface area contributed by atoms with E-state index in [0.717, 1.165) is 72.6 Å². The van der Waals surface area contributed by atoms with Crippen molar-refractivity contribution < 1.29 is 0 Å². The average molecular weight is 818 g/mol. The van der Waals surface area contributed by atoms with Crippen molar-refractivity contribution in [3.05, 3.63) is 237 Å². The van der Waals surface area contributed by atoms with Crippen LogP contribution in [0.2, 0.25) is 0 Å². The van der Waals surface area contributed by atoms with Crippen LogP contribution < -0.4 is 0 Å². The zero-order valence-electron chi connectivity index (χ0n) is 34.8. The fourth-order valence-corrected chi connectivity index (χ4v) is 8.11. The summed E-state index contributed by atoms with van der Waals surface area (Å²) in [5, 5.41) is 2.36. The van der Waals surface area contributed by atoms with Crippen LogP contribution in [0.5, 0.6) is 0 Å². The molecule has 0 amide bonds. The maximum Gasteiger partial charge on any atom is 0.164 e. The molecule has 300 valence electrons. The van der Waals surface area contributed by atoms with Gasteiger partial charge in [0.1, 0.15) is 0 Å². The molecule has 0 radical (unpaired) electrons. The van der Waals surface area contributed by atoms with Gasteiger partial charge in [-0.2, -0.15) is 0 Å². The van der Waals surface area contributed by atoms with Crippen LogP contribution in [0, 0.1) is 0 Å². The molecule has 0 aliphatic heterocycles. The summed E-state index contributed by atoms with van der Waals surface area (Å²) in [6.07, 6.45) is 0. The maximum absolute atomic E-state index is 5.03. The Labute approximate surface area is 372 Å². The van der Waals surface area contributed by atoms with E-state index in [0.29, 0.717) is 23.3 Å². The topological polar surface area (TPSA) is 64.5 Å². The van der Waals surface area contributed by atoms with Crippen molar-refractivity contribution in [2.75, 3.05) is 0 Å². The molecule has 0 fully saturated rings. The van der Waals surface area contributed by atoms with Gasteiger partial charge in [0.25, 0.3) is 0 Å². The first-order valence-electron chi connectivity index (χ1n) is 21.4. The van der Waals surface area contributed by atoms with Crippen molar-refractivity contribution in [3.63, 3.8) is 0 Å². The Hall–Kier alpha value is -8.67. The molecule has 5 nitrogen and oxygen atoms in total. The summed E-state index contributed by atoms with van der Waals surface area (Å²) in [5.74, 6) is 2.61. The fraction of sp³-hybridized carbons (Fsp3) is 0. The average Bonchev–Trinajstić information content (AvgIpc) is 3.39. The third-order valence-electron chi connectivity index (χ3n) is 11.6. The predicted molar refractivity (Wildman–Crippen MR) is 262 cm³/mol. The van der Waals surface area contributed by atoms with Crippen LogP contribution in [0.4, 0.5) is 0 Å². The lowest BCUT2D eigenvalue weighted by Gasteiger charge is -2.11. The number of nitrogens with zero attached hydrogens (tertiary/aromatic N) is 5. The number of rotatable bonds is 9. The second-order valence-electron chi connectivity index (χ2n) is 15.7. The Morgan fingerprint density at radius 2 is 0.438 bits per heavy atom. The highest BCUT2D eigenvalue weighted by Crippen LogP contribution is 2.33. The van der Waals surface area contributed by atoms with Crippen molar-refractivity contribution in [1.82, 2.24) is 24.9 Å². The molecule has 0 atom stereocenters. The Kier molecular flexibility index (Phi) is 10.2. The zero-order chi connectivity index (χ0) is 42.7. The Balaban J connectivity index is 0.876. The highest BCUT2D eigenvalue weighted by molar-refractivity contribution is 5.91. The first-order valence-corrected chi connectivity index (χ1v) is 21.4. The van der Waals surface area contributed by atoms with E-state index in [-0.39, 0.29) is 0 Å². The van der Waals surface area contributed by atoms with Crippen molar-refractivity contribution in [2.24, 2.45) is 0 Å². The maximum atomic E-state index is 5.03. The minimum atomic E-state index is 0.629. The second kappa shape index (κ2) is 17.0. The minimum Gasteiger partial charge on any atom is -0.228 e. The molecule has 0 saturated carbocycles. The highest BCUT2D eigenvalue weighted by Gasteiger charge is 2.14. The van der Waals surface area contributed by atoms with Crippen LogP contribution in [0.25, 0.3) is 112 Å². The molecule has 9 aromatic carbocycles. The molecular formula is C59H39N5. The summed E-state index contributed by atoms with van der Waals surface area (Å²) in [6.45, 7) is 0. The van der Waals surface area contributed by atoms with Crippen molar-refractivity contribution in [1.29, 1.82) is 0 Å². The van der Waals surface area contributed by atoms with Gasteiger partial charge in [0.15, 0.2) is 23.3 Å².